The van der Waals surface area contributed by atoms with Gasteiger partial charge in [0, 0.05) is 32.4 Å². The SMILES string of the molecule is CCCNC(=O)CNCc1ccc2c(c1)CCN2C. The van der Waals surface area contributed by atoms with Crippen molar-refractivity contribution in [1.29, 1.82) is 0 Å². The summed E-state index contributed by atoms with van der Waals surface area (Å²) in [5, 5.41) is 6.05. The number of amides is 1. The Labute approximate surface area is 115 Å². The molecule has 104 valence electrons. The van der Waals surface area contributed by atoms with Crippen LogP contribution < -0.4 is 15.5 Å². The summed E-state index contributed by atoms with van der Waals surface area (Å²) in [7, 11) is 2.13. The van der Waals surface area contributed by atoms with Crippen LogP contribution in [0.1, 0.15) is 24.5 Å². The highest BCUT2D eigenvalue weighted by Gasteiger charge is 2.15. The number of nitrogens with one attached hydrogen (secondary N) is 2. The molecule has 0 spiro atoms. The van der Waals surface area contributed by atoms with Gasteiger partial charge in [-0.05, 0) is 30.0 Å². The molecule has 0 atom stereocenters. The van der Waals surface area contributed by atoms with Gasteiger partial charge in [-0.15, -0.1) is 0 Å². The van der Waals surface area contributed by atoms with Crippen molar-refractivity contribution in [3.8, 4) is 0 Å². The van der Waals surface area contributed by atoms with Crippen molar-refractivity contribution in [2.45, 2.75) is 26.3 Å². The molecule has 1 aliphatic heterocycles. The number of anilines is 1. The summed E-state index contributed by atoms with van der Waals surface area (Å²) in [5.74, 6) is 0.0720. The standard InChI is InChI=1S/C15H23N3O/c1-3-7-17-15(19)11-16-10-12-4-5-14-13(9-12)6-8-18(14)2/h4-5,9,16H,3,6-8,10-11H2,1-2H3,(H,17,19). The van der Waals surface area contributed by atoms with Crippen LogP contribution in [-0.4, -0.2) is 32.6 Å². The van der Waals surface area contributed by atoms with Crippen molar-refractivity contribution >= 4 is 11.6 Å². The molecule has 1 aromatic rings. The molecule has 0 radical (unpaired) electrons. The van der Waals surface area contributed by atoms with Crippen LogP contribution in [0.25, 0.3) is 0 Å². The Hall–Kier alpha value is -1.55. The quantitative estimate of drug-likeness (QED) is 0.811. The van der Waals surface area contributed by atoms with Gasteiger partial charge in [0.2, 0.25) is 5.91 Å². The molecule has 0 bridgehead atoms. The summed E-state index contributed by atoms with van der Waals surface area (Å²) in [5.41, 5.74) is 4.00. The highest BCUT2D eigenvalue weighted by atomic mass is 16.1. The topological polar surface area (TPSA) is 44.4 Å². The van der Waals surface area contributed by atoms with Crippen molar-refractivity contribution in [1.82, 2.24) is 10.6 Å². The summed E-state index contributed by atoms with van der Waals surface area (Å²) >= 11 is 0. The number of carbonyl (C=O) groups is 1. The minimum Gasteiger partial charge on any atom is -0.374 e. The lowest BCUT2D eigenvalue weighted by Crippen LogP contribution is -2.33. The van der Waals surface area contributed by atoms with E-state index in [-0.39, 0.29) is 5.91 Å². The molecule has 4 nitrogen and oxygen atoms in total. The number of hydrogen-bond acceptors (Lipinski definition) is 3. The second-order valence-electron chi connectivity index (χ2n) is 5.09. The van der Waals surface area contributed by atoms with Gasteiger partial charge in [0.15, 0.2) is 0 Å². The van der Waals surface area contributed by atoms with E-state index >= 15 is 0 Å². The first-order valence-corrected chi connectivity index (χ1v) is 7.01. The van der Waals surface area contributed by atoms with E-state index in [0.717, 1.165) is 32.5 Å². The van der Waals surface area contributed by atoms with Crippen molar-refractivity contribution in [3.05, 3.63) is 29.3 Å². The molecule has 0 fully saturated rings. The minimum absolute atomic E-state index is 0.0720. The molecule has 0 saturated heterocycles. The average molecular weight is 261 g/mol. The average Bonchev–Trinajstić information content (AvgIpc) is 2.78. The molecule has 1 aliphatic rings. The molecule has 0 aromatic heterocycles. The zero-order chi connectivity index (χ0) is 13.7. The highest BCUT2D eigenvalue weighted by Crippen LogP contribution is 2.27. The summed E-state index contributed by atoms with van der Waals surface area (Å²) in [6, 6.07) is 6.56. The molecule has 1 amide bonds. The number of nitrogens with zero attached hydrogens (tertiary/aromatic N) is 1. The van der Waals surface area contributed by atoms with Gasteiger partial charge < -0.3 is 15.5 Å². The summed E-state index contributed by atoms with van der Waals surface area (Å²) < 4.78 is 0. The number of likely N-dealkylation sites (N-methyl/N-ethyl adjacent to an activating group) is 1. The third-order valence-corrected chi connectivity index (χ3v) is 3.46. The minimum atomic E-state index is 0.0720. The van der Waals surface area contributed by atoms with Crippen LogP contribution >= 0.6 is 0 Å². The fourth-order valence-corrected chi connectivity index (χ4v) is 2.38. The maximum atomic E-state index is 11.4. The lowest BCUT2D eigenvalue weighted by Gasteiger charge is -2.12. The van der Waals surface area contributed by atoms with Crippen molar-refractivity contribution in [2.75, 3.05) is 31.6 Å². The summed E-state index contributed by atoms with van der Waals surface area (Å²) in [4.78, 5) is 13.7. The lowest BCUT2D eigenvalue weighted by molar-refractivity contribution is -0.120. The van der Waals surface area contributed by atoms with Gasteiger partial charge in [0.25, 0.3) is 0 Å². The van der Waals surface area contributed by atoms with E-state index in [2.05, 4.69) is 47.7 Å². The van der Waals surface area contributed by atoms with Gasteiger partial charge in [0.1, 0.15) is 0 Å². The monoisotopic (exact) mass is 261 g/mol. The van der Waals surface area contributed by atoms with E-state index in [1.54, 1.807) is 0 Å². The van der Waals surface area contributed by atoms with Gasteiger partial charge >= 0.3 is 0 Å². The summed E-state index contributed by atoms with van der Waals surface area (Å²) in [6.07, 6.45) is 2.10. The number of rotatable bonds is 6. The van der Waals surface area contributed by atoms with Gasteiger partial charge in [0.05, 0.1) is 6.54 Å². The smallest absolute Gasteiger partial charge is 0.233 e. The number of carbonyl (C=O) groups excluding carboxylic acids is 1. The van der Waals surface area contributed by atoms with E-state index in [1.807, 2.05) is 0 Å². The molecule has 19 heavy (non-hydrogen) atoms. The molecular weight excluding hydrogens is 238 g/mol. The van der Waals surface area contributed by atoms with Crippen LogP contribution in [0.2, 0.25) is 0 Å². The molecule has 2 N–H and O–H groups in total. The molecule has 0 unspecified atom stereocenters. The largest absolute Gasteiger partial charge is 0.374 e. The normalized spacial score (nSPS) is 13.5. The van der Waals surface area contributed by atoms with Crippen LogP contribution in [0, 0.1) is 0 Å². The molecule has 0 aliphatic carbocycles. The van der Waals surface area contributed by atoms with Gasteiger partial charge in [-0.2, -0.15) is 0 Å². The molecule has 1 aromatic carbocycles. The van der Waals surface area contributed by atoms with E-state index in [1.165, 1.54) is 16.8 Å². The summed E-state index contributed by atoms with van der Waals surface area (Å²) in [6.45, 7) is 5.04. The maximum absolute atomic E-state index is 11.4. The molecular formula is C15H23N3O. The first-order chi connectivity index (χ1) is 9.20. The fourth-order valence-electron chi connectivity index (χ4n) is 2.38. The van der Waals surface area contributed by atoms with Crippen LogP contribution in [0.3, 0.4) is 0 Å². The molecule has 4 heteroatoms. The van der Waals surface area contributed by atoms with Crippen molar-refractivity contribution < 1.29 is 4.79 Å². The first kappa shape index (κ1) is 13.9. The Morgan fingerprint density at radius 3 is 3.05 bits per heavy atom. The second-order valence-corrected chi connectivity index (χ2v) is 5.09. The lowest BCUT2D eigenvalue weighted by atomic mass is 10.1. The van der Waals surface area contributed by atoms with Gasteiger partial charge in [-0.25, -0.2) is 0 Å². The maximum Gasteiger partial charge on any atom is 0.233 e. The van der Waals surface area contributed by atoms with E-state index in [9.17, 15) is 4.79 Å². The van der Waals surface area contributed by atoms with Gasteiger partial charge in [-0.3, -0.25) is 4.79 Å². The Balaban J connectivity index is 1.79. The molecule has 0 saturated carbocycles. The third kappa shape index (κ3) is 3.70. The van der Waals surface area contributed by atoms with Crippen molar-refractivity contribution in [2.24, 2.45) is 0 Å². The molecule has 2 rings (SSSR count). The first-order valence-electron chi connectivity index (χ1n) is 7.01. The number of benzene rings is 1. The second kappa shape index (κ2) is 6.57. The highest BCUT2D eigenvalue weighted by molar-refractivity contribution is 5.77. The zero-order valence-electron chi connectivity index (χ0n) is 11.8. The predicted octanol–water partition coefficient (Wildman–Crippen LogP) is 1.29. The Morgan fingerprint density at radius 1 is 1.42 bits per heavy atom. The van der Waals surface area contributed by atoms with E-state index in [0.29, 0.717) is 6.54 Å². The zero-order valence-corrected chi connectivity index (χ0v) is 11.8. The Bertz CT molecular complexity index is 445. The molecule has 1 heterocycles. The van der Waals surface area contributed by atoms with Crippen LogP contribution in [-0.2, 0) is 17.8 Å². The third-order valence-electron chi connectivity index (χ3n) is 3.46. The number of fused-ring (bicyclic) bond motifs is 1. The van der Waals surface area contributed by atoms with Crippen LogP contribution in [0.5, 0.6) is 0 Å². The number of hydrogen-bond donors (Lipinski definition) is 2. The van der Waals surface area contributed by atoms with E-state index in [4.69, 9.17) is 0 Å². The predicted molar refractivity (Wildman–Crippen MR) is 78.4 cm³/mol. The van der Waals surface area contributed by atoms with E-state index < -0.39 is 0 Å². The van der Waals surface area contributed by atoms with Crippen molar-refractivity contribution in [3.63, 3.8) is 0 Å². The Morgan fingerprint density at radius 2 is 2.26 bits per heavy atom. The van der Waals surface area contributed by atoms with Crippen LogP contribution in [0.15, 0.2) is 18.2 Å². The Kier molecular flexibility index (Phi) is 4.80. The van der Waals surface area contributed by atoms with Gasteiger partial charge in [-0.1, -0.05) is 19.1 Å². The van der Waals surface area contributed by atoms with Crippen LogP contribution in [0.4, 0.5) is 5.69 Å². The fraction of sp³-hybridized carbons (Fsp3) is 0.533.